The second kappa shape index (κ2) is 5.50. The molecule has 0 unspecified atom stereocenters. The van der Waals surface area contributed by atoms with Crippen molar-refractivity contribution < 1.29 is 9.18 Å². The Balaban J connectivity index is 2.24. The molecular weight excluding hydrogens is 257 g/mol. The molecule has 0 atom stereocenters. The summed E-state index contributed by atoms with van der Waals surface area (Å²) < 4.78 is 14.3. The number of benzene rings is 1. The van der Waals surface area contributed by atoms with Crippen LogP contribution in [-0.2, 0) is 17.9 Å². The van der Waals surface area contributed by atoms with E-state index in [1.807, 2.05) is 24.8 Å². The Morgan fingerprint density at radius 2 is 1.95 bits per heavy atom. The minimum Gasteiger partial charge on any atom is -0.343 e. The number of carbonyl (C=O) groups is 1. The molecule has 1 aromatic rings. The number of carbonyl (C=O) groups excluding carboxylic acids is 1. The number of likely N-dealkylation sites (N-methyl/N-ethyl adjacent to an activating group) is 1. The van der Waals surface area contributed by atoms with Crippen LogP contribution in [0.3, 0.4) is 0 Å². The van der Waals surface area contributed by atoms with Crippen LogP contribution in [0.4, 0.5) is 4.39 Å². The van der Waals surface area contributed by atoms with Gasteiger partial charge in [0.25, 0.3) is 0 Å². The molecule has 4 nitrogen and oxygen atoms in total. The summed E-state index contributed by atoms with van der Waals surface area (Å²) in [5.74, 6) is -0.184. The van der Waals surface area contributed by atoms with Gasteiger partial charge in [0, 0.05) is 44.4 Å². The number of rotatable bonds is 3. The molecule has 1 fully saturated rings. The van der Waals surface area contributed by atoms with Gasteiger partial charge in [0.15, 0.2) is 0 Å². The highest BCUT2D eigenvalue weighted by Gasteiger charge is 2.40. The van der Waals surface area contributed by atoms with Crippen molar-refractivity contribution in [1.29, 1.82) is 0 Å². The molecule has 1 amide bonds. The van der Waals surface area contributed by atoms with E-state index in [2.05, 4.69) is 0 Å². The summed E-state index contributed by atoms with van der Waals surface area (Å²) in [6.45, 7) is 5.78. The molecule has 110 valence electrons. The molecule has 2 N–H and O–H groups in total. The molecule has 1 aromatic carbocycles. The van der Waals surface area contributed by atoms with Crippen molar-refractivity contribution in [2.24, 2.45) is 5.73 Å². The van der Waals surface area contributed by atoms with Crippen molar-refractivity contribution in [2.75, 3.05) is 20.1 Å². The first-order valence-electron chi connectivity index (χ1n) is 6.85. The molecule has 20 heavy (non-hydrogen) atoms. The maximum Gasteiger partial charge on any atom is 0.242 e. The molecule has 1 aliphatic rings. The third-order valence-corrected chi connectivity index (χ3v) is 4.11. The Kier molecular flexibility index (Phi) is 4.11. The molecule has 0 spiro atoms. The van der Waals surface area contributed by atoms with Crippen molar-refractivity contribution in [3.63, 3.8) is 0 Å². The van der Waals surface area contributed by atoms with Crippen LogP contribution in [0.25, 0.3) is 0 Å². The molecule has 2 rings (SSSR count). The van der Waals surface area contributed by atoms with Crippen LogP contribution in [0.2, 0.25) is 0 Å². The first kappa shape index (κ1) is 14.9. The summed E-state index contributed by atoms with van der Waals surface area (Å²) in [7, 11) is 1.80. The van der Waals surface area contributed by atoms with E-state index in [4.69, 9.17) is 5.73 Å². The monoisotopic (exact) mass is 279 g/mol. The molecule has 0 bridgehead atoms. The number of nitrogens with two attached hydrogens (primary N) is 1. The van der Waals surface area contributed by atoms with Crippen LogP contribution in [-0.4, -0.2) is 41.4 Å². The van der Waals surface area contributed by atoms with Gasteiger partial charge in [0.2, 0.25) is 5.91 Å². The third-order valence-electron chi connectivity index (χ3n) is 4.11. The quantitative estimate of drug-likeness (QED) is 0.908. The molecule has 0 saturated carbocycles. The highest BCUT2D eigenvalue weighted by molar-refractivity contribution is 5.86. The van der Waals surface area contributed by atoms with E-state index in [0.717, 1.165) is 6.54 Å². The topological polar surface area (TPSA) is 49.6 Å². The van der Waals surface area contributed by atoms with Gasteiger partial charge in [-0.25, -0.2) is 4.39 Å². The van der Waals surface area contributed by atoms with Gasteiger partial charge in [0.05, 0.1) is 5.54 Å². The molecule has 1 heterocycles. The summed E-state index contributed by atoms with van der Waals surface area (Å²) in [4.78, 5) is 16.0. The lowest BCUT2D eigenvalue weighted by atomic mass is 9.96. The highest BCUT2D eigenvalue weighted by atomic mass is 19.1. The first-order chi connectivity index (χ1) is 9.37. The Morgan fingerprint density at radius 1 is 1.30 bits per heavy atom. The van der Waals surface area contributed by atoms with Gasteiger partial charge in [-0.05, 0) is 13.8 Å². The van der Waals surface area contributed by atoms with Crippen LogP contribution in [0.5, 0.6) is 0 Å². The van der Waals surface area contributed by atoms with Crippen molar-refractivity contribution in [1.82, 2.24) is 9.80 Å². The Morgan fingerprint density at radius 3 is 2.60 bits per heavy atom. The lowest BCUT2D eigenvalue weighted by molar-refractivity contribution is -0.147. The Bertz CT molecular complexity index is 516. The summed E-state index contributed by atoms with van der Waals surface area (Å²) in [5, 5.41) is 0. The third kappa shape index (κ3) is 2.55. The van der Waals surface area contributed by atoms with Crippen molar-refractivity contribution in [3.8, 4) is 0 Å². The Hall–Kier alpha value is -1.46. The summed E-state index contributed by atoms with van der Waals surface area (Å²) in [5.41, 5.74) is 6.03. The van der Waals surface area contributed by atoms with Crippen LogP contribution in [0, 0.1) is 5.82 Å². The van der Waals surface area contributed by atoms with Crippen molar-refractivity contribution in [3.05, 3.63) is 35.1 Å². The van der Waals surface area contributed by atoms with Crippen LogP contribution in [0.1, 0.15) is 25.0 Å². The largest absolute Gasteiger partial charge is 0.343 e. The summed E-state index contributed by atoms with van der Waals surface area (Å²) in [6.07, 6.45) is 0. The van der Waals surface area contributed by atoms with Gasteiger partial charge in [-0.2, -0.15) is 0 Å². The number of hydrogen-bond donors (Lipinski definition) is 1. The first-order valence-corrected chi connectivity index (χ1v) is 6.85. The van der Waals surface area contributed by atoms with Gasteiger partial charge in [-0.1, -0.05) is 18.2 Å². The van der Waals surface area contributed by atoms with Gasteiger partial charge in [-0.3, -0.25) is 9.69 Å². The fourth-order valence-corrected chi connectivity index (χ4v) is 2.65. The van der Waals surface area contributed by atoms with Crippen molar-refractivity contribution in [2.45, 2.75) is 32.5 Å². The number of halogens is 1. The maximum absolute atomic E-state index is 14.3. The fourth-order valence-electron chi connectivity index (χ4n) is 2.65. The predicted octanol–water partition coefficient (Wildman–Crippen LogP) is 1.34. The molecule has 1 saturated heterocycles. The van der Waals surface area contributed by atoms with E-state index in [1.54, 1.807) is 24.1 Å². The maximum atomic E-state index is 14.3. The lowest BCUT2D eigenvalue weighted by Crippen LogP contribution is -2.61. The molecule has 5 heteroatoms. The zero-order chi connectivity index (χ0) is 14.9. The normalized spacial score (nSPS) is 19.4. The minimum absolute atomic E-state index is 0.0686. The smallest absolute Gasteiger partial charge is 0.242 e. The van der Waals surface area contributed by atoms with E-state index in [-0.39, 0.29) is 18.3 Å². The number of amides is 1. The van der Waals surface area contributed by atoms with Crippen LogP contribution in [0.15, 0.2) is 18.2 Å². The lowest BCUT2D eigenvalue weighted by Gasteiger charge is -2.44. The van der Waals surface area contributed by atoms with Crippen molar-refractivity contribution >= 4 is 5.91 Å². The summed E-state index contributed by atoms with van der Waals surface area (Å²) >= 11 is 0. The van der Waals surface area contributed by atoms with Gasteiger partial charge in [-0.15, -0.1) is 0 Å². The number of nitrogens with zero attached hydrogens (tertiary/aromatic N) is 2. The predicted molar refractivity (Wildman–Crippen MR) is 76.4 cm³/mol. The summed E-state index contributed by atoms with van der Waals surface area (Å²) in [6, 6.07) is 5.26. The Labute approximate surface area is 119 Å². The average molecular weight is 279 g/mol. The second-order valence-corrected chi connectivity index (χ2v) is 5.80. The fraction of sp³-hybridized carbons (Fsp3) is 0.533. The van der Waals surface area contributed by atoms with E-state index in [9.17, 15) is 9.18 Å². The average Bonchev–Trinajstić information content (AvgIpc) is 2.42. The molecule has 1 aliphatic heterocycles. The van der Waals surface area contributed by atoms with E-state index in [0.29, 0.717) is 24.2 Å². The molecule has 0 aliphatic carbocycles. The van der Waals surface area contributed by atoms with Crippen LogP contribution >= 0.6 is 0 Å². The van der Waals surface area contributed by atoms with Gasteiger partial charge in [0.1, 0.15) is 5.82 Å². The molecule has 0 radical (unpaired) electrons. The van der Waals surface area contributed by atoms with Crippen LogP contribution < -0.4 is 5.73 Å². The standard InChI is InChI=1S/C15H22FN3O/c1-15(2)14(20)18(3)7-8-19(15)10-12-6-4-5-11(9-17)13(12)16/h4-6H,7-10,17H2,1-3H3. The molecule has 0 aromatic heterocycles. The van der Waals surface area contributed by atoms with Gasteiger partial charge >= 0.3 is 0 Å². The SMILES string of the molecule is CN1CCN(Cc2cccc(CN)c2F)C(C)(C)C1=O. The van der Waals surface area contributed by atoms with Gasteiger partial charge < -0.3 is 10.6 Å². The number of hydrogen-bond acceptors (Lipinski definition) is 3. The van der Waals surface area contributed by atoms with E-state index >= 15 is 0 Å². The molecular formula is C15H22FN3O. The number of piperazine rings is 1. The zero-order valence-corrected chi connectivity index (χ0v) is 12.3. The second-order valence-electron chi connectivity index (χ2n) is 5.80. The van der Waals surface area contributed by atoms with E-state index in [1.165, 1.54) is 0 Å². The zero-order valence-electron chi connectivity index (χ0n) is 12.3. The minimum atomic E-state index is -0.613. The van der Waals surface area contributed by atoms with E-state index < -0.39 is 5.54 Å². The highest BCUT2D eigenvalue weighted by Crippen LogP contribution is 2.25.